The first-order chi connectivity index (χ1) is 15.5. The van der Waals surface area contributed by atoms with Crippen LogP contribution >= 0.6 is 27.5 Å². The number of carbonyl (C=O) groups is 1. The molecule has 3 nitrogen and oxygen atoms in total. The summed E-state index contributed by atoms with van der Waals surface area (Å²) in [5.74, 6) is 0.0883. The Morgan fingerprint density at radius 3 is 2.59 bits per heavy atom. The maximum atomic E-state index is 13.6. The minimum absolute atomic E-state index is 0.0119. The van der Waals surface area contributed by atoms with E-state index in [1.54, 1.807) is 0 Å². The number of aromatic nitrogens is 1. The lowest BCUT2D eigenvalue weighted by Gasteiger charge is -2.27. The van der Waals surface area contributed by atoms with E-state index in [2.05, 4.69) is 57.9 Å². The second-order valence-corrected chi connectivity index (χ2v) is 9.76. The van der Waals surface area contributed by atoms with Gasteiger partial charge in [0.1, 0.15) is 0 Å². The molecule has 5 rings (SSSR count). The highest BCUT2D eigenvalue weighted by Gasteiger charge is 2.35. The Labute approximate surface area is 201 Å². The Bertz CT molecular complexity index is 1330. The summed E-state index contributed by atoms with van der Waals surface area (Å²) in [6.45, 7) is 2.78. The summed E-state index contributed by atoms with van der Waals surface area (Å²) in [6, 6.07) is 22.3. The van der Waals surface area contributed by atoms with Crippen LogP contribution in [0.1, 0.15) is 40.5 Å². The number of amides is 1. The number of hydrogen-bond acceptors (Lipinski definition) is 1. The van der Waals surface area contributed by atoms with Crippen molar-refractivity contribution in [3.63, 3.8) is 0 Å². The fourth-order valence-corrected chi connectivity index (χ4v) is 5.39. The van der Waals surface area contributed by atoms with Crippen molar-refractivity contribution in [2.24, 2.45) is 7.05 Å². The van der Waals surface area contributed by atoms with Crippen LogP contribution in [0.2, 0.25) is 5.02 Å². The maximum absolute atomic E-state index is 13.6. The smallest absolute Gasteiger partial charge is 0.254 e. The van der Waals surface area contributed by atoms with E-state index in [1.165, 1.54) is 11.3 Å². The van der Waals surface area contributed by atoms with Crippen LogP contribution in [-0.4, -0.2) is 21.9 Å². The van der Waals surface area contributed by atoms with Crippen molar-refractivity contribution in [1.29, 1.82) is 0 Å². The Kier molecular flexibility index (Phi) is 5.60. The third-order valence-corrected chi connectivity index (χ3v) is 7.63. The summed E-state index contributed by atoms with van der Waals surface area (Å²) in [7, 11) is 2.10. The van der Waals surface area contributed by atoms with Gasteiger partial charge in [-0.15, -0.1) is 0 Å². The van der Waals surface area contributed by atoms with E-state index in [0.29, 0.717) is 0 Å². The molecule has 32 heavy (non-hydrogen) atoms. The van der Waals surface area contributed by atoms with Crippen LogP contribution in [0, 0.1) is 6.92 Å². The molecule has 162 valence electrons. The van der Waals surface area contributed by atoms with Gasteiger partial charge in [-0.3, -0.25) is 4.79 Å². The number of hydrogen-bond donors (Lipinski definition) is 0. The largest absolute Gasteiger partial charge is 0.345 e. The topological polar surface area (TPSA) is 25.2 Å². The van der Waals surface area contributed by atoms with Crippen molar-refractivity contribution in [2.45, 2.75) is 25.8 Å². The third-order valence-electron chi connectivity index (χ3n) is 6.50. The predicted octanol–water partition coefficient (Wildman–Crippen LogP) is 7.55. The molecular formula is C27H24BrClN2O. The van der Waals surface area contributed by atoms with Gasteiger partial charge in [0, 0.05) is 50.8 Å². The van der Waals surface area contributed by atoms with Crippen LogP contribution in [0.15, 0.2) is 71.2 Å². The first-order valence-electron chi connectivity index (χ1n) is 10.9. The van der Waals surface area contributed by atoms with Gasteiger partial charge in [-0.2, -0.15) is 0 Å². The van der Waals surface area contributed by atoms with Crippen LogP contribution in [0.3, 0.4) is 0 Å². The maximum Gasteiger partial charge on any atom is 0.254 e. The van der Waals surface area contributed by atoms with Gasteiger partial charge in [-0.25, -0.2) is 0 Å². The lowest BCUT2D eigenvalue weighted by atomic mass is 9.97. The van der Waals surface area contributed by atoms with Crippen LogP contribution < -0.4 is 0 Å². The van der Waals surface area contributed by atoms with Gasteiger partial charge >= 0.3 is 0 Å². The number of carbonyl (C=O) groups excluding carboxylic acids is 1. The number of nitrogens with zero attached hydrogens (tertiary/aromatic N) is 2. The van der Waals surface area contributed by atoms with Crippen LogP contribution in [0.25, 0.3) is 22.0 Å². The lowest BCUT2D eigenvalue weighted by molar-refractivity contribution is 0.0731. The molecule has 1 unspecified atom stereocenters. The zero-order valence-electron chi connectivity index (χ0n) is 18.1. The fraction of sp³-hybridized carbons (Fsp3) is 0.222. The Morgan fingerprint density at radius 2 is 1.84 bits per heavy atom. The molecule has 2 heterocycles. The van der Waals surface area contributed by atoms with Gasteiger partial charge in [0.15, 0.2) is 0 Å². The molecule has 1 aliphatic heterocycles. The SMILES string of the molecule is Cc1cc(C(=O)N2CCCC2c2c(-c3ccccc3)c3cc(Cl)ccc3n2C)ccc1Br. The molecule has 1 aliphatic rings. The summed E-state index contributed by atoms with van der Waals surface area (Å²) >= 11 is 9.95. The molecule has 0 N–H and O–H groups in total. The molecular weight excluding hydrogens is 484 g/mol. The average molecular weight is 508 g/mol. The average Bonchev–Trinajstić information content (AvgIpc) is 3.38. The Hall–Kier alpha value is -2.56. The molecule has 0 radical (unpaired) electrons. The molecule has 3 aromatic carbocycles. The monoisotopic (exact) mass is 506 g/mol. The molecule has 0 aliphatic carbocycles. The lowest BCUT2D eigenvalue weighted by Crippen LogP contribution is -2.31. The van der Waals surface area contributed by atoms with Crippen molar-refractivity contribution < 1.29 is 4.79 Å². The number of rotatable bonds is 3. The molecule has 4 aromatic rings. The first kappa shape index (κ1) is 21.3. The van der Waals surface area contributed by atoms with E-state index in [-0.39, 0.29) is 11.9 Å². The minimum atomic E-state index is 0.0119. The minimum Gasteiger partial charge on any atom is -0.345 e. The predicted molar refractivity (Wildman–Crippen MR) is 135 cm³/mol. The van der Waals surface area contributed by atoms with E-state index < -0.39 is 0 Å². The zero-order valence-corrected chi connectivity index (χ0v) is 20.5. The quantitative estimate of drug-likeness (QED) is 0.281. The number of aryl methyl sites for hydroxylation is 2. The summed E-state index contributed by atoms with van der Waals surface area (Å²) in [5.41, 5.74) is 6.42. The highest BCUT2D eigenvalue weighted by atomic mass is 79.9. The summed E-state index contributed by atoms with van der Waals surface area (Å²) < 4.78 is 3.26. The van der Waals surface area contributed by atoms with E-state index in [4.69, 9.17) is 11.6 Å². The van der Waals surface area contributed by atoms with E-state index >= 15 is 0 Å². The molecule has 1 saturated heterocycles. The standard InChI is InChI=1S/C27H24BrClN2O/c1-17-15-19(10-12-22(17)28)27(32)31-14-6-9-24(31)26-25(18-7-4-3-5-8-18)21-16-20(29)11-13-23(21)30(26)2/h3-5,7-8,10-13,15-16,24H,6,9,14H2,1-2H3. The van der Waals surface area contributed by atoms with Crippen molar-refractivity contribution >= 4 is 44.3 Å². The van der Waals surface area contributed by atoms with Gasteiger partial charge in [-0.05, 0) is 67.3 Å². The van der Waals surface area contributed by atoms with Gasteiger partial charge in [-0.1, -0.05) is 57.9 Å². The molecule has 0 spiro atoms. The van der Waals surface area contributed by atoms with Gasteiger partial charge in [0.05, 0.1) is 6.04 Å². The molecule has 1 aromatic heterocycles. The van der Waals surface area contributed by atoms with Gasteiger partial charge < -0.3 is 9.47 Å². The highest BCUT2D eigenvalue weighted by molar-refractivity contribution is 9.10. The van der Waals surface area contributed by atoms with Crippen LogP contribution in [0.4, 0.5) is 0 Å². The highest BCUT2D eigenvalue weighted by Crippen LogP contribution is 2.44. The second kappa shape index (κ2) is 8.42. The molecule has 1 fully saturated rings. The molecule has 5 heteroatoms. The van der Waals surface area contributed by atoms with Crippen molar-refractivity contribution in [3.8, 4) is 11.1 Å². The molecule has 1 atom stereocenters. The molecule has 0 bridgehead atoms. The molecule has 0 saturated carbocycles. The normalized spacial score (nSPS) is 16.1. The second-order valence-electron chi connectivity index (χ2n) is 8.47. The number of fused-ring (bicyclic) bond motifs is 1. The third kappa shape index (κ3) is 3.56. The summed E-state index contributed by atoms with van der Waals surface area (Å²) in [5, 5.41) is 1.84. The van der Waals surface area contributed by atoms with E-state index in [1.807, 2.05) is 48.2 Å². The Balaban J connectivity index is 1.67. The van der Waals surface area contributed by atoms with Crippen LogP contribution in [0.5, 0.6) is 0 Å². The van der Waals surface area contributed by atoms with E-state index in [0.717, 1.165) is 56.5 Å². The van der Waals surface area contributed by atoms with Crippen LogP contribution in [-0.2, 0) is 7.05 Å². The van der Waals surface area contributed by atoms with Crippen molar-refractivity contribution in [3.05, 3.63) is 93.0 Å². The Morgan fingerprint density at radius 1 is 1.06 bits per heavy atom. The van der Waals surface area contributed by atoms with Gasteiger partial charge in [0.2, 0.25) is 0 Å². The number of benzene rings is 3. The summed E-state index contributed by atoms with van der Waals surface area (Å²) in [4.78, 5) is 15.6. The van der Waals surface area contributed by atoms with Crippen molar-refractivity contribution in [2.75, 3.05) is 6.54 Å². The molecule has 1 amide bonds. The van der Waals surface area contributed by atoms with Gasteiger partial charge in [0.25, 0.3) is 5.91 Å². The number of likely N-dealkylation sites (tertiary alicyclic amines) is 1. The number of halogens is 2. The fourth-order valence-electron chi connectivity index (χ4n) is 4.97. The van der Waals surface area contributed by atoms with E-state index in [9.17, 15) is 4.79 Å². The van der Waals surface area contributed by atoms with Crippen molar-refractivity contribution in [1.82, 2.24) is 9.47 Å². The summed E-state index contributed by atoms with van der Waals surface area (Å²) in [6.07, 6.45) is 1.93. The first-order valence-corrected chi connectivity index (χ1v) is 12.0. The zero-order chi connectivity index (χ0) is 22.4.